The fourth-order valence-corrected chi connectivity index (χ4v) is 4.72. The van der Waals surface area contributed by atoms with E-state index < -0.39 is 10.0 Å². The summed E-state index contributed by atoms with van der Waals surface area (Å²) in [4.78, 5) is 13.7. The number of amides is 1. The largest absolute Gasteiger partial charge is 0.495 e. The molecule has 0 radical (unpaired) electrons. The highest BCUT2D eigenvalue weighted by atomic mass is 32.2. The van der Waals surface area contributed by atoms with Crippen molar-refractivity contribution in [1.82, 2.24) is 4.31 Å². The van der Waals surface area contributed by atoms with Gasteiger partial charge in [0.15, 0.2) is 0 Å². The average Bonchev–Trinajstić information content (AvgIpc) is 2.60. The highest BCUT2D eigenvalue weighted by Crippen LogP contribution is 2.30. The molecule has 0 aliphatic carbocycles. The molecule has 0 spiro atoms. The monoisotopic (exact) mass is 422 g/mol. The van der Waals surface area contributed by atoms with E-state index in [0.717, 1.165) is 20.3 Å². The number of thioether (sulfide) groups is 1. The van der Waals surface area contributed by atoms with Crippen molar-refractivity contribution in [2.45, 2.75) is 30.6 Å². The number of rotatable bonds is 7. The van der Waals surface area contributed by atoms with Gasteiger partial charge < -0.3 is 10.1 Å². The molecular weight excluding hydrogens is 396 g/mol. The number of nitrogens with zero attached hydrogens (tertiary/aromatic N) is 1. The molecule has 8 heteroatoms. The fraction of sp³-hybridized carbons (Fsp3) is 0.350. The average molecular weight is 423 g/mol. The maximum absolute atomic E-state index is 12.5. The number of carbonyl (C=O) groups excluding carboxylic acids is 1. The smallest absolute Gasteiger partial charge is 0.242 e. The standard InChI is InChI=1S/C20H26N2O4S2/c1-13-9-14(2)20(15(3)10-13)27-12-19(23)21-17-11-16(7-8-18(17)26-6)28(24,25)22(4)5/h7-11H,12H2,1-6H3,(H,21,23). The highest BCUT2D eigenvalue weighted by Gasteiger charge is 2.20. The van der Waals surface area contributed by atoms with Crippen molar-refractivity contribution < 1.29 is 17.9 Å². The number of sulfonamides is 1. The van der Waals surface area contributed by atoms with Crippen LogP contribution in [0, 0.1) is 20.8 Å². The minimum absolute atomic E-state index is 0.0893. The lowest BCUT2D eigenvalue weighted by atomic mass is 10.1. The first kappa shape index (κ1) is 22.3. The van der Waals surface area contributed by atoms with Gasteiger partial charge in [-0.1, -0.05) is 17.7 Å². The van der Waals surface area contributed by atoms with Crippen LogP contribution in [0.3, 0.4) is 0 Å². The third-order valence-corrected chi connectivity index (χ3v) is 7.33. The summed E-state index contributed by atoms with van der Waals surface area (Å²) < 4.78 is 31.1. The molecule has 0 atom stereocenters. The molecule has 0 aliphatic heterocycles. The van der Waals surface area contributed by atoms with Gasteiger partial charge in [-0.3, -0.25) is 4.79 Å². The number of hydrogen-bond donors (Lipinski definition) is 1. The number of aryl methyl sites for hydroxylation is 3. The van der Waals surface area contributed by atoms with Crippen LogP contribution in [-0.4, -0.2) is 45.6 Å². The molecule has 2 rings (SSSR count). The van der Waals surface area contributed by atoms with Crippen LogP contribution in [0.1, 0.15) is 16.7 Å². The Hall–Kier alpha value is -2.03. The van der Waals surface area contributed by atoms with Gasteiger partial charge in [0.1, 0.15) is 5.75 Å². The summed E-state index contributed by atoms with van der Waals surface area (Å²) in [7, 11) is 0.780. The summed E-state index contributed by atoms with van der Waals surface area (Å²) in [5.41, 5.74) is 3.78. The second-order valence-corrected chi connectivity index (χ2v) is 9.85. The Balaban J connectivity index is 2.19. The van der Waals surface area contributed by atoms with E-state index in [9.17, 15) is 13.2 Å². The fourth-order valence-electron chi connectivity index (χ4n) is 2.87. The highest BCUT2D eigenvalue weighted by molar-refractivity contribution is 8.00. The van der Waals surface area contributed by atoms with E-state index in [-0.39, 0.29) is 16.6 Å². The summed E-state index contributed by atoms with van der Waals surface area (Å²) >= 11 is 1.46. The van der Waals surface area contributed by atoms with Crippen molar-refractivity contribution in [2.24, 2.45) is 0 Å². The molecule has 152 valence electrons. The number of methoxy groups -OCH3 is 1. The number of anilines is 1. The SMILES string of the molecule is COc1ccc(S(=O)(=O)N(C)C)cc1NC(=O)CSc1c(C)cc(C)cc1C. The summed E-state index contributed by atoms with van der Waals surface area (Å²) in [6.45, 7) is 6.10. The molecule has 1 amide bonds. The van der Waals surface area contributed by atoms with E-state index in [0.29, 0.717) is 11.4 Å². The second-order valence-electron chi connectivity index (χ2n) is 6.71. The van der Waals surface area contributed by atoms with Gasteiger partial charge in [-0.25, -0.2) is 12.7 Å². The maximum atomic E-state index is 12.5. The van der Waals surface area contributed by atoms with E-state index in [1.807, 2.05) is 20.8 Å². The van der Waals surface area contributed by atoms with Gasteiger partial charge in [0.2, 0.25) is 15.9 Å². The first-order valence-electron chi connectivity index (χ1n) is 8.67. The van der Waals surface area contributed by atoms with Gasteiger partial charge in [0.05, 0.1) is 23.4 Å². The summed E-state index contributed by atoms with van der Waals surface area (Å²) in [5.74, 6) is 0.374. The first-order chi connectivity index (χ1) is 13.1. The van der Waals surface area contributed by atoms with E-state index in [1.165, 1.54) is 56.7 Å². The Morgan fingerprint density at radius 1 is 1.11 bits per heavy atom. The minimum atomic E-state index is -3.61. The van der Waals surface area contributed by atoms with Crippen molar-refractivity contribution in [3.05, 3.63) is 47.0 Å². The zero-order chi connectivity index (χ0) is 21.1. The van der Waals surface area contributed by atoms with Gasteiger partial charge in [-0.05, 0) is 50.1 Å². The van der Waals surface area contributed by atoms with Gasteiger partial charge in [0.25, 0.3) is 0 Å². The maximum Gasteiger partial charge on any atom is 0.242 e. The van der Waals surface area contributed by atoms with Crippen LogP contribution in [0.15, 0.2) is 40.1 Å². The molecule has 6 nitrogen and oxygen atoms in total. The quantitative estimate of drug-likeness (QED) is 0.690. The van der Waals surface area contributed by atoms with Crippen molar-refractivity contribution in [2.75, 3.05) is 32.3 Å². The summed E-state index contributed by atoms with van der Waals surface area (Å²) in [5, 5.41) is 2.77. The predicted octanol–water partition coefficient (Wildman–Crippen LogP) is 3.60. The van der Waals surface area contributed by atoms with E-state index >= 15 is 0 Å². The van der Waals surface area contributed by atoms with Crippen molar-refractivity contribution in [3.8, 4) is 5.75 Å². The molecule has 0 saturated heterocycles. The topological polar surface area (TPSA) is 75.7 Å². The van der Waals surface area contributed by atoms with Gasteiger partial charge in [-0.2, -0.15) is 0 Å². The Kier molecular flexibility index (Phi) is 7.14. The van der Waals surface area contributed by atoms with E-state index in [1.54, 1.807) is 0 Å². The molecule has 0 aliphatic rings. The molecule has 1 N–H and O–H groups in total. The molecule has 0 heterocycles. The molecule has 0 unspecified atom stereocenters. The number of nitrogens with one attached hydrogen (secondary N) is 1. The van der Waals surface area contributed by atoms with E-state index in [2.05, 4.69) is 17.4 Å². The lowest BCUT2D eigenvalue weighted by Gasteiger charge is -2.15. The molecule has 0 aromatic heterocycles. The normalized spacial score (nSPS) is 11.5. The van der Waals surface area contributed by atoms with Crippen LogP contribution in [0.2, 0.25) is 0 Å². The first-order valence-corrected chi connectivity index (χ1v) is 11.1. The third kappa shape index (κ3) is 5.06. The van der Waals surface area contributed by atoms with Gasteiger partial charge >= 0.3 is 0 Å². The number of hydrogen-bond acceptors (Lipinski definition) is 5. The number of ether oxygens (including phenoxy) is 1. The van der Waals surface area contributed by atoms with Crippen molar-refractivity contribution in [1.29, 1.82) is 0 Å². The van der Waals surface area contributed by atoms with Crippen LogP contribution < -0.4 is 10.1 Å². The van der Waals surface area contributed by atoms with Gasteiger partial charge in [-0.15, -0.1) is 11.8 Å². The third-order valence-electron chi connectivity index (χ3n) is 4.18. The Morgan fingerprint density at radius 3 is 2.25 bits per heavy atom. The summed E-state index contributed by atoms with van der Waals surface area (Å²) in [6, 6.07) is 8.59. The van der Waals surface area contributed by atoms with Crippen molar-refractivity contribution in [3.63, 3.8) is 0 Å². The van der Waals surface area contributed by atoms with E-state index in [4.69, 9.17) is 4.74 Å². The van der Waals surface area contributed by atoms with Crippen LogP contribution in [0.25, 0.3) is 0 Å². The van der Waals surface area contributed by atoms with Crippen molar-refractivity contribution >= 4 is 33.4 Å². The lowest BCUT2D eigenvalue weighted by Crippen LogP contribution is -2.22. The Labute approximate surface area is 171 Å². The summed E-state index contributed by atoms with van der Waals surface area (Å²) in [6.07, 6.45) is 0. The number of benzene rings is 2. The molecule has 2 aromatic rings. The molecule has 2 aromatic carbocycles. The predicted molar refractivity (Wildman–Crippen MR) is 114 cm³/mol. The van der Waals surface area contributed by atoms with Gasteiger partial charge in [0, 0.05) is 19.0 Å². The lowest BCUT2D eigenvalue weighted by molar-refractivity contribution is -0.113. The van der Waals surface area contributed by atoms with Crippen LogP contribution in [0.4, 0.5) is 5.69 Å². The minimum Gasteiger partial charge on any atom is -0.495 e. The molecule has 0 bridgehead atoms. The Morgan fingerprint density at radius 2 is 1.71 bits per heavy atom. The molecular formula is C20H26N2O4S2. The zero-order valence-corrected chi connectivity index (χ0v) is 18.6. The molecule has 0 saturated carbocycles. The molecule has 0 fully saturated rings. The second kappa shape index (κ2) is 8.98. The number of carbonyl (C=O) groups is 1. The Bertz CT molecular complexity index is 963. The zero-order valence-electron chi connectivity index (χ0n) is 17.0. The molecule has 28 heavy (non-hydrogen) atoms. The van der Waals surface area contributed by atoms with Crippen LogP contribution in [0.5, 0.6) is 5.75 Å². The van der Waals surface area contributed by atoms with Crippen LogP contribution in [-0.2, 0) is 14.8 Å². The van der Waals surface area contributed by atoms with Crippen LogP contribution >= 0.6 is 11.8 Å².